The van der Waals surface area contributed by atoms with Crippen LogP contribution in [0.3, 0.4) is 0 Å². The molecule has 0 fully saturated rings. The van der Waals surface area contributed by atoms with E-state index >= 15 is 0 Å². The molecule has 3 rings (SSSR count). The lowest BCUT2D eigenvalue weighted by Crippen LogP contribution is -2.25. The molecule has 1 aliphatic heterocycles. The number of rotatable bonds is 8. The molecule has 0 radical (unpaired) electrons. The van der Waals surface area contributed by atoms with Crippen LogP contribution in [-0.2, 0) is 9.53 Å². The number of hydrogen-bond donors (Lipinski definition) is 0. The molecule has 0 saturated heterocycles. The van der Waals surface area contributed by atoms with Crippen LogP contribution >= 0.6 is 0 Å². The van der Waals surface area contributed by atoms with Crippen LogP contribution < -0.4 is 14.5 Å². The zero-order chi connectivity index (χ0) is 24.9. The van der Waals surface area contributed by atoms with E-state index in [0.717, 1.165) is 6.08 Å². The SMILES string of the molecule is CCOC(=O)c1ccc(N2N=C(C(F)(F)F)C(=Cc3ccc(OCC)c(OCC)c3)C2=O)cc1. The number of nitrogens with zero attached hydrogens (tertiary/aromatic N) is 2. The van der Waals surface area contributed by atoms with Crippen LogP contribution in [0.4, 0.5) is 18.9 Å². The second-order valence-corrected chi connectivity index (χ2v) is 6.96. The summed E-state index contributed by atoms with van der Waals surface area (Å²) in [6.45, 7) is 6.09. The summed E-state index contributed by atoms with van der Waals surface area (Å²) in [5, 5.41) is 4.19. The minimum atomic E-state index is -4.87. The number of alkyl halides is 3. The largest absolute Gasteiger partial charge is 0.490 e. The number of anilines is 1. The van der Waals surface area contributed by atoms with Gasteiger partial charge in [0.15, 0.2) is 17.2 Å². The second kappa shape index (κ2) is 10.4. The van der Waals surface area contributed by atoms with Crippen LogP contribution in [0.15, 0.2) is 53.1 Å². The lowest BCUT2D eigenvalue weighted by molar-refractivity contribution is -0.114. The molecule has 180 valence electrons. The number of hydrazone groups is 1. The Morgan fingerprint density at radius 3 is 2.21 bits per heavy atom. The third-order valence-electron chi connectivity index (χ3n) is 4.65. The molecule has 0 unspecified atom stereocenters. The van der Waals surface area contributed by atoms with E-state index in [1.165, 1.54) is 36.4 Å². The van der Waals surface area contributed by atoms with Crippen molar-refractivity contribution in [2.75, 3.05) is 24.8 Å². The minimum Gasteiger partial charge on any atom is -0.490 e. The summed E-state index contributed by atoms with van der Waals surface area (Å²) < 4.78 is 57.1. The van der Waals surface area contributed by atoms with Gasteiger partial charge in [0.05, 0.1) is 36.6 Å². The van der Waals surface area contributed by atoms with Gasteiger partial charge < -0.3 is 14.2 Å². The molecule has 0 aliphatic carbocycles. The standard InChI is InChI=1S/C24H23F3N2O5/c1-4-32-19-12-7-15(14-20(19)33-5-2)13-18-21(24(25,26)27)28-29(22(18)30)17-10-8-16(9-11-17)23(31)34-6-3/h7-14H,4-6H2,1-3H3. The van der Waals surface area contributed by atoms with Gasteiger partial charge in [-0.2, -0.15) is 23.3 Å². The van der Waals surface area contributed by atoms with Crippen LogP contribution in [0.1, 0.15) is 36.7 Å². The van der Waals surface area contributed by atoms with Crippen molar-refractivity contribution in [2.45, 2.75) is 26.9 Å². The van der Waals surface area contributed by atoms with E-state index in [1.807, 2.05) is 0 Å². The van der Waals surface area contributed by atoms with Crippen molar-refractivity contribution < 1.29 is 37.0 Å². The van der Waals surface area contributed by atoms with Gasteiger partial charge in [-0.15, -0.1) is 0 Å². The first kappa shape index (κ1) is 24.8. The molecule has 1 aliphatic rings. The number of ether oxygens (including phenoxy) is 3. The Morgan fingerprint density at radius 1 is 0.971 bits per heavy atom. The molecule has 0 spiro atoms. The first-order valence-electron chi connectivity index (χ1n) is 10.6. The predicted molar refractivity (Wildman–Crippen MR) is 120 cm³/mol. The predicted octanol–water partition coefficient (Wildman–Crippen LogP) is 5.01. The number of carbonyl (C=O) groups excluding carboxylic acids is 2. The van der Waals surface area contributed by atoms with Crippen LogP contribution in [0.5, 0.6) is 11.5 Å². The van der Waals surface area contributed by atoms with Gasteiger partial charge >= 0.3 is 12.1 Å². The Balaban J connectivity index is 1.98. The van der Waals surface area contributed by atoms with Gasteiger partial charge in [0.2, 0.25) is 0 Å². The smallest absolute Gasteiger partial charge is 0.435 e. The van der Waals surface area contributed by atoms with Crippen LogP contribution in [0.25, 0.3) is 6.08 Å². The van der Waals surface area contributed by atoms with Crippen molar-refractivity contribution in [3.63, 3.8) is 0 Å². The highest BCUT2D eigenvalue weighted by atomic mass is 19.4. The van der Waals surface area contributed by atoms with Crippen molar-refractivity contribution >= 4 is 29.4 Å². The fourth-order valence-electron chi connectivity index (χ4n) is 3.21. The Bertz CT molecular complexity index is 1120. The van der Waals surface area contributed by atoms with Crippen molar-refractivity contribution in [3.05, 3.63) is 59.2 Å². The number of carbonyl (C=O) groups is 2. The van der Waals surface area contributed by atoms with Gasteiger partial charge in [0.1, 0.15) is 0 Å². The molecule has 0 saturated carbocycles. The van der Waals surface area contributed by atoms with E-state index in [4.69, 9.17) is 14.2 Å². The Hall–Kier alpha value is -3.82. The fourth-order valence-corrected chi connectivity index (χ4v) is 3.21. The number of halogens is 3. The topological polar surface area (TPSA) is 77.4 Å². The van der Waals surface area contributed by atoms with Crippen molar-refractivity contribution in [2.24, 2.45) is 5.10 Å². The van der Waals surface area contributed by atoms with Crippen molar-refractivity contribution in [3.8, 4) is 11.5 Å². The number of esters is 1. The molecule has 7 nitrogen and oxygen atoms in total. The molecule has 2 aromatic rings. The molecular weight excluding hydrogens is 453 g/mol. The highest BCUT2D eigenvalue weighted by Gasteiger charge is 2.46. The van der Waals surface area contributed by atoms with Crippen LogP contribution in [0, 0.1) is 0 Å². The fraction of sp³-hybridized carbons (Fsp3) is 0.292. The lowest BCUT2D eigenvalue weighted by Gasteiger charge is -2.13. The molecular formula is C24H23F3N2O5. The average Bonchev–Trinajstić information content (AvgIpc) is 3.12. The normalized spacial score (nSPS) is 14.9. The molecule has 1 heterocycles. The van der Waals surface area contributed by atoms with E-state index in [0.29, 0.717) is 35.3 Å². The van der Waals surface area contributed by atoms with E-state index in [-0.39, 0.29) is 17.9 Å². The maximum atomic E-state index is 13.7. The first-order valence-corrected chi connectivity index (χ1v) is 10.6. The zero-order valence-corrected chi connectivity index (χ0v) is 18.8. The Morgan fingerprint density at radius 2 is 1.62 bits per heavy atom. The second-order valence-electron chi connectivity index (χ2n) is 6.96. The van der Waals surface area contributed by atoms with Crippen molar-refractivity contribution in [1.29, 1.82) is 0 Å². The highest BCUT2D eigenvalue weighted by molar-refractivity contribution is 6.34. The first-order chi connectivity index (χ1) is 16.2. The van der Waals surface area contributed by atoms with Gasteiger partial charge in [-0.3, -0.25) is 4.79 Å². The van der Waals surface area contributed by atoms with Crippen molar-refractivity contribution in [1.82, 2.24) is 0 Å². The van der Waals surface area contributed by atoms with E-state index in [9.17, 15) is 22.8 Å². The summed E-state index contributed by atoms with van der Waals surface area (Å²) in [6, 6.07) is 9.95. The monoisotopic (exact) mass is 476 g/mol. The highest BCUT2D eigenvalue weighted by Crippen LogP contribution is 2.34. The molecule has 10 heteroatoms. The number of amides is 1. The van der Waals surface area contributed by atoms with Gasteiger partial charge in [-0.05, 0) is 68.8 Å². The molecule has 34 heavy (non-hydrogen) atoms. The third-order valence-corrected chi connectivity index (χ3v) is 4.65. The molecule has 0 aromatic heterocycles. The quantitative estimate of drug-likeness (QED) is 0.396. The summed E-state index contributed by atoms with van der Waals surface area (Å²) in [7, 11) is 0. The van der Waals surface area contributed by atoms with Crippen LogP contribution in [0.2, 0.25) is 0 Å². The van der Waals surface area contributed by atoms with Gasteiger partial charge in [-0.1, -0.05) is 6.07 Å². The van der Waals surface area contributed by atoms with Gasteiger partial charge in [-0.25, -0.2) is 4.79 Å². The Kier molecular flexibility index (Phi) is 7.60. The third kappa shape index (κ3) is 5.38. The molecule has 0 bridgehead atoms. The summed E-state index contributed by atoms with van der Waals surface area (Å²) in [6.07, 6.45) is -3.75. The zero-order valence-electron chi connectivity index (χ0n) is 18.8. The minimum absolute atomic E-state index is 0.0740. The lowest BCUT2D eigenvalue weighted by atomic mass is 10.1. The summed E-state index contributed by atoms with van der Waals surface area (Å²) in [5.74, 6) is -0.746. The molecule has 0 atom stereocenters. The number of hydrogen-bond acceptors (Lipinski definition) is 6. The van der Waals surface area contributed by atoms with Crippen LogP contribution in [-0.4, -0.2) is 43.6 Å². The maximum absolute atomic E-state index is 13.7. The Labute approximate surface area is 194 Å². The summed E-state index contributed by atoms with van der Waals surface area (Å²) in [5.41, 5.74) is -1.35. The van der Waals surface area contributed by atoms with Gasteiger partial charge in [0.25, 0.3) is 5.91 Å². The maximum Gasteiger partial charge on any atom is 0.435 e. The van der Waals surface area contributed by atoms with E-state index < -0.39 is 29.3 Å². The average molecular weight is 476 g/mol. The molecule has 0 N–H and O–H groups in total. The van der Waals surface area contributed by atoms with E-state index in [1.54, 1.807) is 26.8 Å². The van der Waals surface area contributed by atoms with Gasteiger partial charge in [0, 0.05) is 0 Å². The summed E-state index contributed by atoms with van der Waals surface area (Å²) >= 11 is 0. The molecule has 2 aromatic carbocycles. The van der Waals surface area contributed by atoms with E-state index in [2.05, 4.69) is 5.10 Å². The molecule has 1 amide bonds. The summed E-state index contributed by atoms with van der Waals surface area (Å²) in [4.78, 5) is 24.8. The number of benzene rings is 2.